The number of likely N-dealkylation sites (N-methyl/N-ethyl adjacent to an activating group) is 1. The number of amides is 1. The molecule has 0 saturated heterocycles. The SMILES string of the molecule is Cc1cc2nc(C(=O)NCCN(C)C)c(=O)n(C[C@H](O)[C@H](O)[C@H](O)CN)c2cc1C. The van der Waals surface area contributed by atoms with Crippen molar-refractivity contribution in [2.24, 2.45) is 5.73 Å². The number of carbonyl (C=O) groups is 1. The molecule has 10 heteroatoms. The van der Waals surface area contributed by atoms with Gasteiger partial charge in [-0.15, -0.1) is 0 Å². The maximum Gasteiger partial charge on any atom is 0.282 e. The van der Waals surface area contributed by atoms with Gasteiger partial charge in [0, 0.05) is 19.6 Å². The highest BCUT2D eigenvalue weighted by molar-refractivity contribution is 5.94. The average molecular weight is 421 g/mol. The minimum absolute atomic E-state index is 0.248. The summed E-state index contributed by atoms with van der Waals surface area (Å²) >= 11 is 0. The Labute approximate surface area is 174 Å². The molecule has 3 atom stereocenters. The second-order valence-corrected chi connectivity index (χ2v) is 7.72. The molecule has 0 aliphatic carbocycles. The van der Waals surface area contributed by atoms with Gasteiger partial charge in [0.2, 0.25) is 0 Å². The van der Waals surface area contributed by atoms with Crippen molar-refractivity contribution < 1.29 is 20.1 Å². The smallest absolute Gasteiger partial charge is 0.282 e. The third-order valence-electron chi connectivity index (χ3n) is 5.02. The van der Waals surface area contributed by atoms with Crippen LogP contribution >= 0.6 is 0 Å². The molecule has 0 aliphatic heterocycles. The fourth-order valence-electron chi connectivity index (χ4n) is 2.99. The van der Waals surface area contributed by atoms with E-state index in [1.165, 1.54) is 4.57 Å². The number of nitrogens with one attached hydrogen (secondary N) is 1. The van der Waals surface area contributed by atoms with Crippen LogP contribution in [-0.4, -0.2) is 87.7 Å². The van der Waals surface area contributed by atoms with Crippen LogP contribution in [0.4, 0.5) is 0 Å². The predicted octanol–water partition coefficient (Wildman–Crippen LogP) is -1.65. The minimum atomic E-state index is -1.55. The van der Waals surface area contributed by atoms with Gasteiger partial charge < -0.3 is 35.8 Å². The van der Waals surface area contributed by atoms with Crippen LogP contribution < -0.4 is 16.6 Å². The van der Waals surface area contributed by atoms with Crippen molar-refractivity contribution in [1.29, 1.82) is 0 Å². The number of aliphatic hydroxyl groups excluding tert-OH is 3. The van der Waals surface area contributed by atoms with Crippen molar-refractivity contribution in [2.75, 3.05) is 33.7 Å². The molecule has 1 aromatic heterocycles. The molecule has 10 nitrogen and oxygen atoms in total. The maximum absolute atomic E-state index is 13.1. The van der Waals surface area contributed by atoms with Crippen molar-refractivity contribution in [1.82, 2.24) is 19.8 Å². The molecule has 1 heterocycles. The zero-order valence-electron chi connectivity index (χ0n) is 17.8. The van der Waals surface area contributed by atoms with E-state index in [2.05, 4.69) is 10.3 Å². The number of aliphatic hydroxyl groups is 3. The molecular formula is C20H31N5O5. The molecule has 30 heavy (non-hydrogen) atoms. The van der Waals surface area contributed by atoms with Gasteiger partial charge in [0.15, 0.2) is 5.69 Å². The van der Waals surface area contributed by atoms with Crippen molar-refractivity contribution in [2.45, 2.75) is 38.7 Å². The molecule has 2 rings (SSSR count). The molecule has 0 aliphatic rings. The second-order valence-electron chi connectivity index (χ2n) is 7.72. The summed E-state index contributed by atoms with van der Waals surface area (Å²) in [6.45, 7) is 4.10. The lowest BCUT2D eigenvalue weighted by Gasteiger charge is -2.23. The van der Waals surface area contributed by atoms with Crippen LogP contribution in [0.2, 0.25) is 0 Å². The monoisotopic (exact) mass is 421 g/mol. The Morgan fingerprint density at radius 2 is 1.83 bits per heavy atom. The Morgan fingerprint density at radius 3 is 2.43 bits per heavy atom. The summed E-state index contributed by atoms with van der Waals surface area (Å²) < 4.78 is 1.20. The van der Waals surface area contributed by atoms with Gasteiger partial charge >= 0.3 is 0 Å². The van der Waals surface area contributed by atoms with Crippen LogP contribution in [0, 0.1) is 13.8 Å². The lowest BCUT2D eigenvalue weighted by molar-refractivity contribution is -0.0605. The standard InChI is InChI=1S/C20H31N5O5/c1-11-7-13-14(8-12(11)2)25(10-16(27)18(28)15(26)9-21)20(30)17(23-13)19(29)22-5-6-24(3)4/h7-8,15-16,18,26-28H,5-6,9-10,21H2,1-4H3,(H,22,29)/t15-,16+,18-/m1/s1. The topological polar surface area (TPSA) is 154 Å². The summed E-state index contributed by atoms with van der Waals surface area (Å²) in [5, 5.41) is 32.8. The molecule has 0 bridgehead atoms. The zero-order chi connectivity index (χ0) is 22.6. The van der Waals surface area contributed by atoms with E-state index in [9.17, 15) is 24.9 Å². The normalized spacial score (nSPS) is 14.7. The summed E-state index contributed by atoms with van der Waals surface area (Å²) in [4.78, 5) is 31.8. The molecule has 0 radical (unpaired) electrons. The molecule has 0 unspecified atom stereocenters. The Hall–Kier alpha value is -2.37. The summed E-state index contributed by atoms with van der Waals surface area (Å²) in [6, 6.07) is 3.50. The fraction of sp³-hybridized carbons (Fsp3) is 0.550. The molecule has 1 aromatic carbocycles. The van der Waals surface area contributed by atoms with Gasteiger partial charge in [-0.1, -0.05) is 0 Å². The van der Waals surface area contributed by atoms with E-state index in [1.807, 2.05) is 32.8 Å². The summed E-state index contributed by atoms with van der Waals surface area (Å²) in [7, 11) is 3.72. The Bertz CT molecular complexity index is 959. The number of hydrogen-bond acceptors (Lipinski definition) is 8. The molecular weight excluding hydrogens is 390 g/mol. The second kappa shape index (κ2) is 10.1. The number of aryl methyl sites for hydroxylation is 2. The fourth-order valence-corrected chi connectivity index (χ4v) is 2.99. The maximum atomic E-state index is 13.1. The van der Waals surface area contributed by atoms with Crippen LogP contribution in [0.1, 0.15) is 21.6 Å². The Balaban J connectivity index is 2.52. The number of fused-ring (bicyclic) bond motifs is 1. The Morgan fingerprint density at radius 1 is 1.20 bits per heavy atom. The first-order valence-corrected chi connectivity index (χ1v) is 9.75. The van der Waals surface area contributed by atoms with E-state index < -0.39 is 29.8 Å². The van der Waals surface area contributed by atoms with E-state index in [-0.39, 0.29) is 18.8 Å². The number of benzene rings is 1. The average Bonchev–Trinajstić information content (AvgIpc) is 2.69. The largest absolute Gasteiger partial charge is 0.389 e. The van der Waals surface area contributed by atoms with Gasteiger partial charge in [0.25, 0.3) is 11.5 Å². The number of carbonyl (C=O) groups excluding carboxylic acids is 1. The van der Waals surface area contributed by atoms with Crippen LogP contribution in [0.3, 0.4) is 0 Å². The van der Waals surface area contributed by atoms with E-state index in [1.54, 1.807) is 12.1 Å². The zero-order valence-corrected chi connectivity index (χ0v) is 17.8. The lowest BCUT2D eigenvalue weighted by atomic mass is 10.1. The first-order chi connectivity index (χ1) is 14.1. The predicted molar refractivity (Wildman–Crippen MR) is 113 cm³/mol. The third-order valence-corrected chi connectivity index (χ3v) is 5.02. The van der Waals surface area contributed by atoms with Crippen LogP contribution in [0.5, 0.6) is 0 Å². The van der Waals surface area contributed by atoms with Crippen LogP contribution in [-0.2, 0) is 6.54 Å². The van der Waals surface area contributed by atoms with E-state index >= 15 is 0 Å². The summed E-state index contributed by atoms with van der Waals surface area (Å²) in [5.41, 5.74) is 7.00. The first-order valence-electron chi connectivity index (χ1n) is 9.75. The highest BCUT2D eigenvalue weighted by Crippen LogP contribution is 2.18. The van der Waals surface area contributed by atoms with Gasteiger partial charge in [0.05, 0.1) is 23.7 Å². The lowest BCUT2D eigenvalue weighted by Crippen LogP contribution is -2.45. The van der Waals surface area contributed by atoms with Crippen molar-refractivity contribution in [3.63, 3.8) is 0 Å². The van der Waals surface area contributed by atoms with Gasteiger partial charge in [-0.05, 0) is 51.2 Å². The highest BCUT2D eigenvalue weighted by atomic mass is 16.4. The van der Waals surface area contributed by atoms with E-state index in [4.69, 9.17) is 5.73 Å². The van der Waals surface area contributed by atoms with Crippen LogP contribution in [0.25, 0.3) is 11.0 Å². The molecule has 0 spiro atoms. The van der Waals surface area contributed by atoms with E-state index in [0.29, 0.717) is 24.1 Å². The molecule has 166 valence electrons. The van der Waals surface area contributed by atoms with Crippen molar-refractivity contribution in [3.05, 3.63) is 39.3 Å². The molecule has 2 aromatic rings. The number of hydrogen-bond donors (Lipinski definition) is 5. The number of nitrogens with two attached hydrogens (primary N) is 1. The molecule has 0 saturated carbocycles. The highest BCUT2D eigenvalue weighted by Gasteiger charge is 2.26. The molecule has 6 N–H and O–H groups in total. The van der Waals surface area contributed by atoms with Gasteiger partial charge in [-0.3, -0.25) is 9.59 Å². The molecule has 1 amide bonds. The van der Waals surface area contributed by atoms with Crippen molar-refractivity contribution >= 4 is 16.9 Å². The summed E-state index contributed by atoms with van der Waals surface area (Å²) in [5.74, 6) is -0.618. The van der Waals surface area contributed by atoms with Crippen molar-refractivity contribution in [3.8, 4) is 0 Å². The van der Waals surface area contributed by atoms with E-state index in [0.717, 1.165) is 11.1 Å². The Kier molecular flexibility index (Phi) is 8.04. The van der Waals surface area contributed by atoms with Crippen LogP contribution in [0.15, 0.2) is 16.9 Å². The quantitative estimate of drug-likeness (QED) is 0.323. The number of nitrogens with zero attached hydrogens (tertiary/aromatic N) is 3. The number of rotatable bonds is 9. The first kappa shape index (κ1) is 23.9. The van der Waals surface area contributed by atoms with Gasteiger partial charge in [0.1, 0.15) is 12.2 Å². The van der Waals surface area contributed by atoms with Gasteiger partial charge in [-0.25, -0.2) is 4.98 Å². The summed E-state index contributed by atoms with van der Waals surface area (Å²) in [6.07, 6.45) is -4.37. The third kappa shape index (κ3) is 5.41. The number of aromatic nitrogens is 2. The minimum Gasteiger partial charge on any atom is -0.389 e. The molecule has 0 fully saturated rings. The van der Waals surface area contributed by atoms with Gasteiger partial charge in [-0.2, -0.15) is 0 Å².